The molecule has 0 bridgehead atoms. The summed E-state index contributed by atoms with van der Waals surface area (Å²) in [4.78, 5) is 10.8. The van der Waals surface area contributed by atoms with E-state index in [-0.39, 0.29) is 0 Å². The van der Waals surface area contributed by atoms with Gasteiger partial charge in [0, 0.05) is 58.6 Å². The van der Waals surface area contributed by atoms with Gasteiger partial charge in [0.1, 0.15) is 6.61 Å². The van der Waals surface area contributed by atoms with Crippen molar-refractivity contribution in [2.75, 3.05) is 54.2 Å². The summed E-state index contributed by atoms with van der Waals surface area (Å²) in [6.45, 7) is 4.26. The second-order valence-electron chi connectivity index (χ2n) is 5.82. The molecule has 1 aliphatic rings. The van der Waals surface area contributed by atoms with Crippen LogP contribution in [0.5, 0.6) is 5.88 Å². The molecule has 1 aliphatic heterocycles. The summed E-state index contributed by atoms with van der Waals surface area (Å²) in [5, 5.41) is 3.37. The Kier molecular flexibility index (Phi) is 7.77. The van der Waals surface area contributed by atoms with Gasteiger partial charge in [-0.2, -0.15) is 0 Å². The number of hydrogen-bond acceptors (Lipinski definition) is 5. The Morgan fingerprint density at radius 3 is 3.08 bits per heavy atom. The molecular weight excluding hydrogens is 308 g/mol. The highest BCUT2D eigenvalue weighted by molar-refractivity contribution is 5.79. The maximum absolute atomic E-state index is 5.67. The number of rotatable bonds is 8. The largest absolute Gasteiger partial charge is 0.475 e. The zero-order valence-corrected chi connectivity index (χ0v) is 14.8. The molecule has 1 fully saturated rings. The summed E-state index contributed by atoms with van der Waals surface area (Å²) in [6.07, 6.45) is 2.84. The molecule has 0 aromatic carbocycles. The van der Waals surface area contributed by atoms with Crippen LogP contribution in [0.15, 0.2) is 23.3 Å². The molecule has 1 aromatic rings. The molecule has 0 aliphatic carbocycles. The van der Waals surface area contributed by atoms with Crippen LogP contribution in [0.2, 0.25) is 0 Å². The summed E-state index contributed by atoms with van der Waals surface area (Å²) in [6, 6.07) is 3.91. The van der Waals surface area contributed by atoms with Crippen LogP contribution in [-0.4, -0.2) is 70.0 Å². The first-order chi connectivity index (χ1) is 11.7. The van der Waals surface area contributed by atoms with Gasteiger partial charge < -0.3 is 24.4 Å². The lowest BCUT2D eigenvalue weighted by atomic mass is 10.1. The molecule has 1 atom stereocenters. The van der Waals surface area contributed by atoms with Gasteiger partial charge in [-0.3, -0.25) is 4.99 Å². The van der Waals surface area contributed by atoms with Gasteiger partial charge >= 0.3 is 0 Å². The average Bonchev–Trinajstić information content (AvgIpc) is 3.10. The number of ether oxygens (including phenoxy) is 3. The van der Waals surface area contributed by atoms with Crippen LogP contribution in [0.3, 0.4) is 0 Å². The summed E-state index contributed by atoms with van der Waals surface area (Å²) in [7, 11) is 5.50. The molecule has 7 heteroatoms. The lowest BCUT2D eigenvalue weighted by molar-refractivity contribution is 0.143. The Hall–Kier alpha value is -1.86. The highest BCUT2D eigenvalue weighted by atomic mass is 16.5. The summed E-state index contributed by atoms with van der Waals surface area (Å²) < 4.78 is 16.1. The minimum Gasteiger partial charge on any atom is -0.475 e. The van der Waals surface area contributed by atoms with Gasteiger partial charge in [-0.1, -0.05) is 6.07 Å². The molecule has 2 heterocycles. The molecular formula is C17H28N4O3. The van der Waals surface area contributed by atoms with E-state index in [0.717, 1.165) is 37.7 Å². The van der Waals surface area contributed by atoms with Crippen LogP contribution >= 0.6 is 0 Å². The van der Waals surface area contributed by atoms with Crippen LogP contribution in [0, 0.1) is 5.92 Å². The van der Waals surface area contributed by atoms with Crippen LogP contribution in [0.4, 0.5) is 0 Å². The molecule has 24 heavy (non-hydrogen) atoms. The van der Waals surface area contributed by atoms with Crippen LogP contribution in [-0.2, 0) is 16.0 Å². The lowest BCUT2D eigenvalue weighted by Gasteiger charge is -2.24. The Labute approximate surface area is 144 Å². The first-order valence-electron chi connectivity index (χ1n) is 8.29. The van der Waals surface area contributed by atoms with E-state index in [1.807, 2.05) is 19.2 Å². The van der Waals surface area contributed by atoms with E-state index in [4.69, 9.17) is 14.2 Å². The van der Waals surface area contributed by atoms with Crippen molar-refractivity contribution in [3.05, 3.63) is 23.9 Å². The standard InChI is InChI=1S/C17H28N4O3/c1-18-17(21(2)12-14-6-8-23-13-14)20-11-15-5-4-7-19-16(15)24-10-9-22-3/h4-5,7,14H,6,8-13H2,1-3H3,(H,18,20). The molecule has 1 unspecified atom stereocenters. The van der Waals surface area contributed by atoms with E-state index in [1.54, 1.807) is 20.4 Å². The number of hydrogen-bond donors (Lipinski definition) is 1. The van der Waals surface area contributed by atoms with Crippen molar-refractivity contribution in [1.82, 2.24) is 15.2 Å². The van der Waals surface area contributed by atoms with E-state index in [1.165, 1.54) is 0 Å². The summed E-state index contributed by atoms with van der Waals surface area (Å²) >= 11 is 0. The smallest absolute Gasteiger partial charge is 0.218 e. The van der Waals surface area contributed by atoms with Crippen molar-refractivity contribution < 1.29 is 14.2 Å². The van der Waals surface area contributed by atoms with Crippen LogP contribution < -0.4 is 10.1 Å². The number of aromatic nitrogens is 1. The highest BCUT2D eigenvalue weighted by Crippen LogP contribution is 2.15. The SMILES string of the molecule is CN=C(NCc1cccnc1OCCOC)N(C)CC1CCOC1. The minimum atomic E-state index is 0.483. The Morgan fingerprint density at radius 1 is 1.50 bits per heavy atom. The number of nitrogens with one attached hydrogen (secondary N) is 1. The molecule has 1 aromatic heterocycles. The fraction of sp³-hybridized carbons (Fsp3) is 0.647. The lowest BCUT2D eigenvalue weighted by Crippen LogP contribution is -2.41. The topological polar surface area (TPSA) is 68.2 Å². The second kappa shape index (κ2) is 10.1. The summed E-state index contributed by atoms with van der Waals surface area (Å²) in [5.74, 6) is 2.05. The zero-order valence-electron chi connectivity index (χ0n) is 14.8. The Balaban J connectivity index is 1.88. The van der Waals surface area contributed by atoms with E-state index in [2.05, 4.69) is 20.2 Å². The maximum atomic E-state index is 5.67. The number of pyridine rings is 1. The monoisotopic (exact) mass is 336 g/mol. The Bertz CT molecular complexity index is 518. The number of nitrogens with zero attached hydrogens (tertiary/aromatic N) is 3. The van der Waals surface area contributed by atoms with Crippen LogP contribution in [0.1, 0.15) is 12.0 Å². The maximum Gasteiger partial charge on any atom is 0.218 e. The van der Waals surface area contributed by atoms with Crippen molar-refractivity contribution in [3.8, 4) is 5.88 Å². The van der Waals surface area contributed by atoms with Gasteiger partial charge in [-0.25, -0.2) is 4.98 Å². The van der Waals surface area contributed by atoms with Crippen molar-refractivity contribution in [1.29, 1.82) is 0 Å². The van der Waals surface area contributed by atoms with Gasteiger partial charge in [0.25, 0.3) is 0 Å². The normalized spacial score (nSPS) is 17.8. The third-order valence-corrected chi connectivity index (χ3v) is 3.94. The van der Waals surface area contributed by atoms with Crippen molar-refractivity contribution in [3.63, 3.8) is 0 Å². The second-order valence-corrected chi connectivity index (χ2v) is 5.82. The molecule has 1 N–H and O–H groups in total. The third-order valence-electron chi connectivity index (χ3n) is 3.94. The predicted molar refractivity (Wildman–Crippen MR) is 93.4 cm³/mol. The molecule has 0 radical (unpaired) electrons. The zero-order chi connectivity index (χ0) is 17.2. The van der Waals surface area contributed by atoms with E-state index < -0.39 is 0 Å². The van der Waals surface area contributed by atoms with Gasteiger partial charge in [-0.05, 0) is 12.5 Å². The molecule has 0 spiro atoms. The van der Waals surface area contributed by atoms with E-state index >= 15 is 0 Å². The number of aliphatic imine (C=N–C) groups is 1. The predicted octanol–water partition coefficient (Wildman–Crippen LogP) is 1.15. The first kappa shape index (κ1) is 18.5. The van der Waals surface area contributed by atoms with Crippen molar-refractivity contribution in [2.45, 2.75) is 13.0 Å². The third kappa shape index (κ3) is 5.65. The fourth-order valence-corrected chi connectivity index (χ4v) is 2.67. The molecule has 0 saturated carbocycles. The van der Waals surface area contributed by atoms with Crippen molar-refractivity contribution in [2.24, 2.45) is 10.9 Å². The van der Waals surface area contributed by atoms with Gasteiger partial charge in [0.15, 0.2) is 5.96 Å². The average molecular weight is 336 g/mol. The fourth-order valence-electron chi connectivity index (χ4n) is 2.67. The quantitative estimate of drug-likeness (QED) is 0.436. The number of guanidine groups is 1. The molecule has 1 saturated heterocycles. The molecule has 7 nitrogen and oxygen atoms in total. The number of methoxy groups -OCH3 is 1. The molecule has 2 rings (SSSR count). The van der Waals surface area contributed by atoms with Gasteiger partial charge in [0.2, 0.25) is 5.88 Å². The first-order valence-corrected chi connectivity index (χ1v) is 8.29. The van der Waals surface area contributed by atoms with Gasteiger partial charge in [0.05, 0.1) is 13.2 Å². The van der Waals surface area contributed by atoms with Crippen LogP contribution in [0.25, 0.3) is 0 Å². The van der Waals surface area contributed by atoms with E-state index in [9.17, 15) is 0 Å². The van der Waals surface area contributed by atoms with Gasteiger partial charge in [-0.15, -0.1) is 0 Å². The van der Waals surface area contributed by atoms with E-state index in [0.29, 0.717) is 31.6 Å². The minimum absolute atomic E-state index is 0.483. The Morgan fingerprint density at radius 2 is 2.38 bits per heavy atom. The highest BCUT2D eigenvalue weighted by Gasteiger charge is 2.19. The molecule has 0 amide bonds. The summed E-state index contributed by atoms with van der Waals surface area (Å²) in [5.41, 5.74) is 0.993. The molecule has 134 valence electrons. The van der Waals surface area contributed by atoms with Crippen molar-refractivity contribution >= 4 is 5.96 Å².